The number of carbonyl (C=O) groups excluding carboxylic acids is 1. The van der Waals surface area contributed by atoms with Crippen LogP contribution in [0.4, 0.5) is 0 Å². The molecule has 3 rings (SSSR count). The van der Waals surface area contributed by atoms with Crippen molar-refractivity contribution in [2.75, 3.05) is 0 Å². The highest BCUT2D eigenvalue weighted by atomic mass is 16.5. The molecule has 0 aliphatic heterocycles. The molecule has 1 N–H and O–H groups in total. The van der Waals surface area contributed by atoms with Crippen molar-refractivity contribution in [2.45, 2.75) is 20.0 Å². The highest BCUT2D eigenvalue weighted by Gasteiger charge is 2.14. The Morgan fingerprint density at radius 2 is 1.67 bits per heavy atom. The Morgan fingerprint density at radius 1 is 0.963 bits per heavy atom. The summed E-state index contributed by atoms with van der Waals surface area (Å²) in [5.41, 5.74) is 4.64. The van der Waals surface area contributed by atoms with Gasteiger partial charge in [-0.2, -0.15) is 0 Å². The Labute approximate surface area is 158 Å². The highest BCUT2D eigenvalue weighted by Crippen LogP contribution is 2.35. The lowest BCUT2D eigenvalue weighted by molar-refractivity contribution is 0.0696. The molecule has 3 aromatic carbocycles. The van der Waals surface area contributed by atoms with E-state index in [0.29, 0.717) is 11.3 Å². The summed E-state index contributed by atoms with van der Waals surface area (Å²) in [6.07, 6.45) is 1.67. The monoisotopic (exact) mass is 360 g/mol. The quantitative estimate of drug-likeness (QED) is 0.602. The minimum absolute atomic E-state index is 0.226. The van der Waals surface area contributed by atoms with Crippen molar-refractivity contribution in [3.05, 3.63) is 89.0 Å². The van der Waals surface area contributed by atoms with Crippen LogP contribution in [-0.4, -0.2) is 17.4 Å². The number of aromatic carboxylic acids is 1. The first-order chi connectivity index (χ1) is 13.1. The van der Waals surface area contributed by atoms with E-state index in [0.717, 1.165) is 29.4 Å². The van der Waals surface area contributed by atoms with E-state index < -0.39 is 5.97 Å². The zero-order valence-corrected chi connectivity index (χ0v) is 15.0. The lowest BCUT2D eigenvalue weighted by Crippen LogP contribution is -2.02. The van der Waals surface area contributed by atoms with Crippen LogP contribution < -0.4 is 4.74 Å². The topological polar surface area (TPSA) is 63.6 Å². The molecular weight excluding hydrogens is 340 g/mol. The van der Waals surface area contributed by atoms with Crippen LogP contribution in [0.25, 0.3) is 11.1 Å². The van der Waals surface area contributed by atoms with Gasteiger partial charge in [-0.15, -0.1) is 0 Å². The molecular formula is C23H20O4. The molecule has 0 aliphatic rings. The van der Waals surface area contributed by atoms with Crippen LogP contribution in [0, 0.1) is 0 Å². The normalized spacial score (nSPS) is 10.4. The van der Waals surface area contributed by atoms with E-state index in [-0.39, 0.29) is 12.2 Å². The standard InChI is InChI=1S/C23H20O4/c1-2-17-6-3-4-8-20(17)21-9-5-7-19(14-24)22(21)27-15-16-10-12-18(13-11-16)23(25)26/h3-14H,2,15H2,1H3,(H,25,26). The van der Waals surface area contributed by atoms with E-state index in [4.69, 9.17) is 9.84 Å². The molecule has 0 unspecified atom stereocenters. The average Bonchev–Trinajstić information content (AvgIpc) is 2.72. The van der Waals surface area contributed by atoms with Crippen molar-refractivity contribution in [3.63, 3.8) is 0 Å². The molecule has 136 valence electrons. The maximum absolute atomic E-state index is 11.6. The minimum Gasteiger partial charge on any atom is -0.488 e. The second kappa shape index (κ2) is 8.32. The summed E-state index contributed by atoms with van der Waals surface area (Å²) in [5, 5.41) is 8.99. The van der Waals surface area contributed by atoms with E-state index in [1.807, 2.05) is 30.3 Å². The number of carboxylic acids is 1. The molecule has 0 amide bonds. The molecule has 4 heteroatoms. The molecule has 0 saturated carbocycles. The van der Waals surface area contributed by atoms with Crippen molar-refractivity contribution in [1.82, 2.24) is 0 Å². The Morgan fingerprint density at radius 3 is 2.33 bits per heavy atom. The second-order valence-electron chi connectivity index (χ2n) is 6.14. The molecule has 0 spiro atoms. The maximum Gasteiger partial charge on any atom is 0.335 e. The van der Waals surface area contributed by atoms with Crippen molar-refractivity contribution < 1.29 is 19.4 Å². The number of carbonyl (C=O) groups is 2. The molecule has 0 saturated heterocycles. The van der Waals surface area contributed by atoms with E-state index in [2.05, 4.69) is 13.0 Å². The first-order valence-corrected chi connectivity index (χ1v) is 8.75. The van der Waals surface area contributed by atoms with Crippen LogP contribution >= 0.6 is 0 Å². The number of rotatable bonds is 7. The largest absolute Gasteiger partial charge is 0.488 e. The molecule has 3 aromatic rings. The van der Waals surface area contributed by atoms with E-state index in [9.17, 15) is 9.59 Å². The highest BCUT2D eigenvalue weighted by molar-refractivity contribution is 5.88. The molecule has 27 heavy (non-hydrogen) atoms. The molecule has 0 radical (unpaired) electrons. The van der Waals surface area contributed by atoms with Gasteiger partial charge in [-0.1, -0.05) is 55.5 Å². The van der Waals surface area contributed by atoms with Crippen LogP contribution in [0.1, 0.15) is 38.8 Å². The number of ether oxygens (including phenoxy) is 1. The molecule has 0 aliphatic carbocycles. The van der Waals surface area contributed by atoms with Gasteiger partial charge >= 0.3 is 5.97 Å². The van der Waals surface area contributed by atoms with Gasteiger partial charge in [0.05, 0.1) is 11.1 Å². The van der Waals surface area contributed by atoms with Gasteiger partial charge < -0.3 is 9.84 Å². The summed E-state index contributed by atoms with van der Waals surface area (Å²) < 4.78 is 6.02. The third-order valence-electron chi connectivity index (χ3n) is 4.44. The number of aryl methyl sites for hydroxylation is 1. The lowest BCUT2D eigenvalue weighted by Gasteiger charge is -2.16. The van der Waals surface area contributed by atoms with Crippen LogP contribution in [0.3, 0.4) is 0 Å². The fourth-order valence-electron chi connectivity index (χ4n) is 3.01. The number of hydrogen-bond donors (Lipinski definition) is 1. The van der Waals surface area contributed by atoms with Gasteiger partial charge in [0, 0.05) is 5.56 Å². The van der Waals surface area contributed by atoms with Crippen LogP contribution in [0.2, 0.25) is 0 Å². The van der Waals surface area contributed by atoms with Crippen LogP contribution in [0.5, 0.6) is 5.75 Å². The van der Waals surface area contributed by atoms with Gasteiger partial charge in [0.15, 0.2) is 6.29 Å². The predicted octanol–water partition coefficient (Wildman–Crippen LogP) is 5.01. The van der Waals surface area contributed by atoms with E-state index in [1.165, 1.54) is 5.56 Å². The van der Waals surface area contributed by atoms with Crippen molar-refractivity contribution in [3.8, 4) is 16.9 Å². The van der Waals surface area contributed by atoms with Crippen molar-refractivity contribution in [1.29, 1.82) is 0 Å². The fourth-order valence-corrected chi connectivity index (χ4v) is 3.01. The zero-order valence-electron chi connectivity index (χ0n) is 15.0. The lowest BCUT2D eigenvalue weighted by atomic mass is 9.96. The number of hydrogen-bond acceptors (Lipinski definition) is 3. The Hall–Kier alpha value is -3.40. The Balaban J connectivity index is 1.94. The van der Waals surface area contributed by atoms with Gasteiger partial charge in [-0.3, -0.25) is 4.79 Å². The smallest absolute Gasteiger partial charge is 0.335 e. The van der Waals surface area contributed by atoms with Gasteiger partial charge in [0.1, 0.15) is 12.4 Å². The molecule has 4 nitrogen and oxygen atoms in total. The first-order valence-electron chi connectivity index (χ1n) is 8.75. The Bertz CT molecular complexity index is 958. The molecule has 0 heterocycles. The molecule has 0 fully saturated rings. The third kappa shape index (κ3) is 4.06. The summed E-state index contributed by atoms with van der Waals surface area (Å²) in [4.78, 5) is 22.5. The van der Waals surface area contributed by atoms with Gasteiger partial charge in [-0.05, 0) is 41.3 Å². The summed E-state index contributed by atoms with van der Waals surface area (Å²) >= 11 is 0. The number of carboxylic acid groups (broad SMARTS) is 1. The SMILES string of the molecule is CCc1ccccc1-c1cccc(C=O)c1OCc1ccc(C(=O)O)cc1. The van der Waals surface area contributed by atoms with Crippen molar-refractivity contribution in [2.24, 2.45) is 0 Å². The summed E-state index contributed by atoms with van der Waals surface area (Å²) in [7, 11) is 0. The van der Waals surface area contributed by atoms with E-state index >= 15 is 0 Å². The number of aldehydes is 1. The second-order valence-corrected chi connectivity index (χ2v) is 6.14. The third-order valence-corrected chi connectivity index (χ3v) is 4.44. The first kappa shape index (κ1) is 18.4. The average molecular weight is 360 g/mol. The molecule has 0 aromatic heterocycles. The van der Waals surface area contributed by atoms with Gasteiger partial charge in [0.2, 0.25) is 0 Å². The van der Waals surface area contributed by atoms with Gasteiger partial charge in [0.25, 0.3) is 0 Å². The summed E-state index contributed by atoms with van der Waals surface area (Å²) in [5.74, 6) is -0.428. The minimum atomic E-state index is -0.966. The van der Waals surface area contributed by atoms with Crippen molar-refractivity contribution >= 4 is 12.3 Å². The van der Waals surface area contributed by atoms with E-state index in [1.54, 1.807) is 30.3 Å². The van der Waals surface area contributed by atoms with Gasteiger partial charge in [-0.25, -0.2) is 4.79 Å². The predicted molar refractivity (Wildman–Crippen MR) is 104 cm³/mol. The molecule has 0 atom stereocenters. The number of para-hydroxylation sites is 1. The van der Waals surface area contributed by atoms with Crippen LogP contribution in [0.15, 0.2) is 66.7 Å². The fraction of sp³-hybridized carbons (Fsp3) is 0.130. The zero-order chi connectivity index (χ0) is 19.2. The van der Waals surface area contributed by atoms with Crippen LogP contribution in [-0.2, 0) is 13.0 Å². The molecule has 0 bridgehead atoms. The Kier molecular flexibility index (Phi) is 5.67. The summed E-state index contributed by atoms with van der Waals surface area (Å²) in [6.45, 7) is 2.33. The summed E-state index contributed by atoms with van der Waals surface area (Å²) in [6, 6.07) is 20.1. The number of benzene rings is 3. The maximum atomic E-state index is 11.6.